The predicted molar refractivity (Wildman–Crippen MR) is 217 cm³/mol. The Balaban J connectivity index is 2.51. The lowest BCUT2D eigenvalue weighted by Gasteiger charge is -2.41. The number of carbonyl (C=O) groups excluding carboxylic acids is 2. The molecule has 56 heavy (non-hydrogen) atoms. The Hall–Kier alpha value is -1.67. The van der Waals surface area contributed by atoms with E-state index in [0.29, 0.717) is 12.8 Å². The number of phosphoric ester groups is 1. The van der Waals surface area contributed by atoms with Crippen molar-refractivity contribution >= 4 is 19.8 Å². The monoisotopic (exact) mass is 821 g/mol. The highest BCUT2D eigenvalue weighted by atomic mass is 31.2. The van der Waals surface area contributed by atoms with Crippen LogP contribution in [0.5, 0.6) is 0 Å². The number of hydrogen-bond acceptors (Lipinski definition) is 12. The average Bonchev–Trinajstić information content (AvgIpc) is 3.18. The number of unbranched alkanes of at least 4 members (excludes halogenated alkanes) is 19. The van der Waals surface area contributed by atoms with Gasteiger partial charge >= 0.3 is 19.8 Å². The first-order valence-electron chi connectivity index (χ1n) is 21.6. The SMILES string of the molecule is CCCCC/C=C\C/C=C\CCCCCCCC(=O)OC(COC(=O)CCCCCCCCCCCCCC)COP(=O)(O)OC1C(O)C(O)C(O)C(O)C1O. The van der Waals surface area contributed by atoms with E-state index in [9.17, 15) is 44.6 Å². The number of ether oxygens (including phenoxy) is 2. The van der Waals surface area contributed by atoms with Crippen LogP contribution in [-0.2, 0) is 32.7 Å². The highest BCUT2D eigenvalue weighted by Gasteiger charge is 2.51. The highest BCUT2D eigenvalue weighted by molar-refractivity contribution is 7.47. The van der Waals surface area contributed by atoms with Crippen molar-refractivity contribution < 1.29 is 63.1 Å². The third-order valence-electron chi connectivity index (χ3n) is 10.0. The third-order valence-corrected chi connectivity index (χ3v) is 11.0. The van der Waals surface area contributed by atoms with Gasteiger partial charge in [0.25, 0.3) is 0 Å². The molecule has 328 valence electrons. The van der Waals surface area contributed by atoms with Gasteiger partial charge in [-0.2, -0.15) is 0 Å². The molecule has 6 N–H and O–H groups in total. The summed E-state index contributed by atoms with van der Waals surface area (Å²) >= 11 is 0. The molecule has 1 aliphatic rings. The highest BCUT2D eigenvalue weighted by Crippen LogP contribution is 2.47. The van der Waals surface area contributed by atoms with Crippen molar-refractivity contribution in [2.45, 2.75) is 217 Å². The lowest BCUT2D eigenvalue weighted by molar-refractivity contribution is -0.220. The van der Waals surface area contributed by atoms with E-state index in [4.69, 9.17) is 18.5 Å². The number of esters is 2. The molecule has 13 nitrogen and oxygen atoms in total. The summed E-state index contributed by atoms with van der Waals surface area (Å²) in [6.45, 7) is 3.24. The van der Waals surface area contributed by atoms with E-state index in [1.165, 1.54) is 70.6 Å². The van der Waals surface area contributed by atoms with Crippen molar-refractivity contribution in [3.05, 3.63) is 24.3 Å². The maximum atomic E-state index is 12.8. The average molecular weight is 821 g/mol. The molecule has 6 atom stereocenters. The van der Waals surface area contributed by atoms with Crippen LogP contribution in [0.3, 0.4) is 0 Å². The molecular weight excluding hydrogens is 743 g/mol. The minimum absolute atomic E-state index is 0.0830. The van der Waals surface area contributed by atoms with Crippen LogP contribution in [0.4, 0.5) is 0 Å². The minimum Gasteiger partial charge on any atom is -0.462 e. The summed E-state index contributed by atoms with van der Waals surface area (Å²) in [6.07, 6.45) is 20.9. The minimum atomic E-state index is -5.11. The second kappa shape index (κ2) is 33.2. The van der Waals surface area contributed by atoms with Crippen LogP contribution in [0.25, 0.3) is 0 Å². The summed E-state index contributed by atoms with van der Waals surface area (Å²) in [5.41, 5.74) is 0. The number of aliphatic hydroxyl groups is 5. The maximum absolute atomic E-state index is 12.8. The van der Waals surface area contributed by atoms with Gasteiger partial charge in [-0.15, -0.1) is 0 Å². The molecule has 6 unspecified atom stereocenters. The van der Waals surface area contributed by atoms with E-state index in [1.54, 1.807) is 0 Å². The molecule has 0 heterocycles. The smallest absolute Gasteiger partial charge is 0.462 e. The summed E-state index contributed by atoms with van der Waals surface area (Å²) in [6, 6.07) is 0. The summed E-state index contributed by atoms with van der Waals surface area (Å²) in [4.78, 5) is 35.6. The molecule has 0 aromatic carbocycles. The topological polar surface area (TPSA) is 210 Å². The fourth-order valence-electron chi connectivity index (χ4n) is 6.49. The van der Waals surface area contributed by atoms with Crippen LogP contribution in [-0.4, -0.2) is 98.3 Å². The summed E-state index contributed by atoms with van der Waals surface area (Å²) in [7, 11) is -5.11. The van der Waals surface area contributed by atoms with E-state index in [0.717, 1.165) is 64.2 Å². The zero-order valence-electron chi connectivity index (χ0n) is 34.4. The molecule has 0 bridgehead atoms. The number of aliphatic hydroxyl groups excluding tert-OH is 5. The van der Waals surface area contributed by atoms with Crippen molar-refractivity contribution in [3.8, 4) is 0 Å². The van der Waals surface area contributed by atoms with Crippen LogP contribution in [0, 0.1) is 0 Å². The predicted octanol–water partition coefficient (Wildman–Crippen LogP) is 7.67. The van der Waals surface area contributed by atoms with Gasteiger partial charge in [-0.05, 0) is 44.9 Å². The van der Waals surface area contributed by atoms with Crippen molar-refractivity contribution in [1.29, 1.82) is 0 Å². The number of hydrogen-bond donors (Lipinski definition) is 6. The van der Waals surface area contributed by atoms with Crippen LogP contribution < -0.4 is 0 Å². The van der Waals surface area contributed by atoms with Crippen molar-refractivity contribution in [3.63, 3.8) is 0 Å². The van der Waals surface area contributed by atoms with Gasteiger partial charge in [0.15, 0.2) is 6.10 Å². The summed E-state index contributed by atoms with van der Waals surface area (Å²) < 4.78 is 33.4. The Morgan fingerprint density at radius 1 is 0.554 bits per heavy atom. The van der Waals surface area contributed by atoms with Gasteiger partial charge in [0, 0.05) is 12.8 Å². The Bertz CT molecular complexity index is 1090. The third kappa shape index (κ3) is 25.6. The molecule has 0 saturated heterocycles. The Kier molecular flexibility index (Phi) is 31.0. The van der Waals surface area contributed by atoms with E-state index in [-0.39, 0.29) is 12.8 Å². The zero-order chi connectivity index (χ0) is 41.4. The Morgan fingerprint density at radius 3 is 1.48 bits per heavy atom. The van der Waals surface area contributed by atoms with E-state index in [1.807, 2.05) is 0 Å². The van der Waals surface area contributed by atoms with Gasteiger partial charge in [-0.25, -0.2) is 4.57 Å². The lowest BCUT2D eigenvalue weighted by Crippen LogP contribution is -2.64. The second-order valence-electron chi connectivity index (χ2n) is 15.2. The standard InChI is InChI=1S/C42H77O13P/c1-3-5-7-9-11-13-15-17-18-19-21-23-25-27-29-31-36(44)54-34(32-52-35(43)30-28-26-24-22-20-16-14-12-10-8-6-4-2)33-53-56(50,51)55-42-40(48)38(46)37(45)39(47)41(42)49/h11,13,17-18,34,37-42,45-49H,3-10,12,14-16,19-33H2,1-2H3,(H,50,51)/b13-11-,18-17-. The fourth-order valence-corrected chi connectivity index (χ4v) is 7.47. The summed E-state index contributed by atoms with van der Waals surface area (Å²) in [5.74, 6) is -1.11. The van der Waals surface area contributed by atoms with Crippen LogP contribution in [0.1, 0.15) is 174 Å². The molecule has 0 amide bonds. The number of allylic oxidation sites excluding steroid dienone is 4. The van der Waals surface area contributed by atoms with Crippen LogP contribution >= 0.6 is 7.82 Å². The maximum Gasteiger partial charge on any atom is 0.472 e. The lowest BCUT2D eigenvalue weighted by atomic mass is 9.85. The fraction of sp³-hybridized carbons (Fsp3) is 0.857. The molecule has 0 aliphatic heterocycles. The normalized spacial score (nSPS) is 23.1. The van der Waals surface area contributed by atoms with E-state index >= 15 is 0 Å². The van der Waals surface area contributed by atoms with E-state index < -0.39 is 75.7 Å². The van der Waals surface area contributed by atoms with E-state index in [2.05, 4.69) is 38.2 Å². The van der Waals surface area contributed by atoms with Crippen LogP contribution in [0.2, 0.25) is 0 Å². The van der Waals surface area contributed by atoms with Gasteiger partial charge in [-0.3, -0.25) is 18.6 Å². The molecule has 0 aromatic rings. The second-order valence-corrected chi connectivity index (χ2v) is 16.6. The number of carbonyl (C=O) groups is 2. The van der Waals surface area contributed by atoms with Crippen molar-refractivity contribution in [2.75, 3.05) is 13.2 Å². The molecule has 0 aromatic heterocycles. The van der Waals surface area contributed by atoms with Crippen molar-refractivity contribution in [2.24, 2.45) is 0 Å². The molecule has 0 radical (unpaired) electrons. The number of phosphoric acid groups is 1. The molecule has 1 rings (SSSR count). The largest absolute Gasteiger partial charge is 0.472 e. The first-order chi connectivity index (χ1) is 26.9. The van der Waals surface area contributed by atoms with Crippen LogP contribution in [0.15, 0.2) is 24.3 Å². The quantitative estimate of drug-likeness (QED) is 0.0157. The van der Waals surface area contributed by atoms with Gasteiger partial charge in [0.1, 0.15) is 43.2 Å². The molecular formula is C42H77O13P. The molecule has 0 spiro atoms. The molecule has 1 saturated carbocycles. The first-order valence-corrected chi connectivity index (χ1v) is 23.1. The zero-order valence-corrected chi connectivity index (χ0v) is 35.3. The van der Waals surface area contributed by atoms with Gasteiger partial charge in [0.2, 0.25) is 0 Å². The Labute approximate surface area is 336 Å². The first kappa shape index (κ1) is 52.3. The molecule has 1 aliphatic carbocycles. The molecule has 14 heteroatoms. The molecule has 1 fully saturated rings. The Morgan fingerprint density at radius 2 is 0.964 bits per heavy atom. The van der Waals surface area contributed by atoms with Gasteiger partial charge < -0.3 is 39.9 Å². The van der Waals surface area contributed by atoms with Gasteiger partial charge in [0.05, 0.1) is 6.61 Å². The van der Waals surface area contributed by atoms with Crippen molar-refractivity contribution in [1.82, 2.24) is 0 Å². The number of rotatable bonds is 35. The van der Waals surface area contributed by atoms with Gasteiger partial charge in [-0.1, -0.05) is 141 Å². The summed E-state index contributed by atoms with van der Waals surface area (Å²) in [5, 5.41) is 50.0.